The standard InChI is InChI=1S/C15H22N4O5S.ClH/c16-8-2-9-17-15(20)12-3-1-10-18(11-12)25(23,24)14-6-4-13(5-7-14)19(21)22;/h4-7,12H,1-3,8-11,16H2,(H,17,20);1H. The molecular weight excluding hydrogens is 384 g/mol. The number of nitro benzene ring substituents is 1. The minimum Gasteiger partial charge on any atom is -0.356 e. The summed E-state index contributed by atoms with van der Waals surface area (Å²) in [5, 5.41) is 13.5. The summed E-state index contributed by atoms with van der Waals surface area (Å²) in [6.07, 6.45) is 1.88. The van der Waals surface area contributed by atoms with Gasteiger partial charge in [-0.15, -0.1) is 12.4 Å². The van der Waals surface area contributed by atoms with Crippen molar-refractivity contribution in [1.82, 2.24) is 9.62 Å². The number of nitrogens with two attached hydrogens (primary N) is 1. The molecule has 0 aromatic heterocycles. The van der Waals surface area contributed by atoms with Crippen molar-refractivity contribution in [2.24, 2.45) is 11.7 Å². The van der Waals surface area contributed by atoms with Crippen LogP contribution in [0.3, 0.4) is 0 Å². The van der Waals surface area contributed by atoms with E-state index in [4.69, 9.17) is 5.73 Å². The summed E-state index contributed by atoms with van der Waals surface area (Å²) < 4.78 is 26.7. The van der Waals surface area contributed by atoms with Gasteiger partial charge in [-0.05, 0) is 37.9 Å². The summed E-state index contributed by atoms with van der Waals surface area (Å²) in [6, 6.07) is 4.76. The molecule has 0 bridgehead atoms. The smallest absolute Gasteiger partial charge is 0.269 e. The van der Waals surface area contributed by atoms with Gasteiger partial charge >= 0.3 is 0 Å². The molecule has 0 radical (unpaired) electrons. The van der Waals surface area contributed by atoms with Crippen molar-refractivity contribution in [3.8, 4) is 0 Å². The summed E-state index contributed by atoms with van der Waals surface area (Å²) in [6.45, 7) is 1.38. The Morgan fingerprint density at radius 3 is 2.58 bits per heavy atom. The first-order chi connectivity index (χ1) is 11.9. The number of amides is 1. The number of nitrogens with zero attached hydrogens (tertiary/aromatic N) is 2. The summed E-state index contributed by atoms with van der Waals surface area (Å²) in [5.41, 5.74) is 5.21. The van der Waals surface area contributed by atoms with E-state index >= 15 is 0 Å². The van der Waals surface area contributed by atoms with E-state index in [1.165, 1.54) is 16.4 Å². The van der Waals surface area contributed by atoms with Crippen molar-refractivity contribution < 1.29 is 18.1 Å². The average Bonchev–Trinajstić information content (AvgIpc) is 2.62. The number of carbonyl (C=O) groups is 1. The number of non-ortho nitro benzene ring substituents is 1. The van der Waals surface area contributed by atoms with Gasteiger partial charge in [0.1, 0.15) is 0 Å². The Morgan fingerprint density at radius 2 is 2.00 bits per heavy atom. The number of rotatable bonds is 7. The van der Waals surface area contributed by atoms with E-state index in [1.54, 1.807) is 0 Å². The number of hydrogen-bond donors (Lipinski definition) is 2. The molecule has 1 atom stereocenters. The quantitative estimate of drug-likeness (QED) is 0.392. The first-order valence-corrected chi connectivity index (χ1v) is 9.52. The van der Waals surface area contributed by atoms with E-state index in [1.807, 2.05) is 0 Å². The summed E-state index contributed by atoms with van der Waals surface area (Å²) in [4.78, 5) is 22.2. The number of sulfonamides is 1. The van der Waals surface area contributed by atoms with Crippen LogP contribution in [0.25, 0.3) is 0 Å². The number of carbonyl (C=O) groups excluding carboxylic acids is 1. The van der Waals surface area contributed by atoms with E-state index < -0.39 is 20.9 Å². The second-order valence-electron chi connectivity index (χ2n) is 5.89. The molecule has 2 rings (SSSR count). The van der Waals surface area contributed by atoms with Crippen molar-refractivity contribution in [3.05, 3.63) is 34.4 Å². The Hall–Kier alpha value is -1.75. The lowest BCUT2D eigenvalue weighted by molar-refractivity contribution is -0.384. The second kappa shape index (κ2) is 9.81. The van der Waals surface area contributed by atoms with Gasteiger partial charge in [0, 0.05) is 31.8 Å². The zero-order valence-corrected chi connectivity index (χ0v) is 15.8. The Morgan fingerprint density at radius 1 is 1.35 bits per heavy atom. The molecule has 1 aromatic rings. The van der Waals surface area contributed by atoms with Crippen LogP contribution in [0.1, 0.15) is 19.3 Å². The number of piperidine rings is 1. The minimum absolute atomic E-state index is 0. The van der Waals surface area contributed by atoms with Crippen LogP contribution in [-0.2, 0) is 14.8 Å². The zero-order chi connectivity index (χ0) is 18.4. The molecule has 1 amide bonds. The van der Waals surface area contributed by atoms with Crippen molar-refractivity contribution in [2.75, 3.05) is 26.2 Å². The highest BCUT2D eigenvalue weighted by atomic mass is 35.5. The highest BCUT2D eigenvalue weighted by molar-refractivity contribution is 7.89. The van der Waals surface area contributed by atoms with Crippen molar-refractivity contribution >= 4 is 34.0 Å². The molecule has 0 spiro atoms. The maximum atomic E-state index is 12.7. The van der Waals surface area contributed by atoms with E-state index in [2.05, 4.69) is 5.32 Å². The molecule has 1 heterocycles. The van der Waals surface area contributed by atoms with Crippen molar-refractivity contribution in [1.29, 1.82) is 0 Å². The van der Waals surface area contributed by atoms with Crippen LogP contribution in [0.5, 0.6) is 0 Å². The number of benzene rings is 1. The molecule has 1 saturated heterocycles. The molecule has 0 aliphatic carbocycles. The average molecular weight is 407 g/mol. The third kappa shape index (κ3) is 5.37. The van der Waals surface area contributed by atoms with E-state index in [0.29, 0.717) is 38.9 Å². The number of halogens is 1. The van der Waals surface area contributed by atoms with Gasteiger partial charge in [-0.25, -0.2) is 8.42 Å². The van der Waals surface area contributed by atoms with Gasteiger partial charge in [0.15, 0.2) is 0 Å². The first-order valence-electron chi connectivity index (χ1n) is 8.08. The second-order valence-corrected chi connectivity index (χ2v) is 7.82. The molecule has 1 fully saturated rings. The molecule has 1 unspecified atom stereocenters. The zero-order valence-electron chi connectivity index (χ0n) is 14.2. The molecule has 1 aliphatic rings. The monoisotopic (exact) mass is 406 g/mol. The number of nitrogens with one attached hydrogen (secondary N) is 1. The highest BCUT2D eigenvalue weighted by Gasteiger charge is 2.33. The van der Waals surface area contributed by atoms with Gasteiger partial charge < -0.3 is 11.1 Å². The SMILES string of the molecule is Cl.NCCCNC(=O)C1CCCN(S(=O)(=O)c2ccc([N+](=O)[O-])cc2)C1. The molecule has 1 aliphatic heterocycles. The normalized spacial score (nSPS) is 18.0. The molecular formula is C15H23ClN4O5S. The third-order valence-electron chi connectivity index (χ3n) is 4.12. The first kappa shape index (κ1) is 22.3. The van der Waals surface area contributed by atoms with Gasteiger partial charge in [-0.3, -0.25) is 14.9 Å². The van der Waals surface area contributed by atoms with Gasteiger partial charge in [0.25, 0.3) is 5.69 Å². The third-order valence-corrected chi connectivity index (χ3v) is 6.00. The predicted molar refractivity (Wildman–Crippen MR) is 98.5 cm³/mol. The van der Waals surface area contributed by atoms with Crippen LogP contribution < -0.4 is 11.1 Å². The van der Waals surface area contributed by atoms with Crippen LogP contribution in [-0.4, -0.2) is 49.7 Å². The predicted octanol–water partition coefficient (Wildman–Crippen LogP) is 0.882. The van der Waals surface area contributed by atoms with Gasteiger partial charge in [0.2, 0.25) is 15.9 Å². The van der Waals surface area contributed by atoms with Crippen LogP contribution in [0.2, 0.25) is 0 Å². The number of hydrogen-bond acceptors (Lipinski definition) is 6. The summed E-state index contributed by atoms with van der Waals surface area (Å²) in [5.74, 6) is -0.573. The lowest BCUT2D eigenvalue weighted by atomic mass is 9.99. The van der Waals surface area contributed by atoms with Gasteiger partial charge in [-0.1, -0.05) is 0 Å². The highest BCUT2D eigenvalue weighted by Crippen LogP contribution is 2.25. The molecule has 0 saturated carbocycles. The fraction of sp³-hybridized carbons (Fsp3) is 0.533. The molecule has 1 aromatic carbocycles. The van der Waals surface area contributed by atoms with E-state index in [-0.39, 0.29) is 35.4 Å². The maximum Gasteiger partial charge on any atom is 0.269 e. The largest absolute Gasteiger partial charge is 0.356 e. The van der Waals surface area contributed by atoms with Crippen LogP contribution in [0.4, 0.5) is 5.69 Å². The minimum atomic E-state index is -3.79. The maximum absolute atomic E-state index is 12.7. The van der Waals surface area contributed by atoms with Gasteiger partial charge in [-0.2, -0.15) is 4.31 Å². The fourth-order valence-electron chi connectivity index (χ4n) is 2.72. The van der Waals surface area contributed by atoms with Crippen LogP contribution in [0, 0.1) is 16.0 Å². The van der Waals surface area contributed by atoms with Crippen LogP contribution >= 0.6 is 12.4 Å². The summed E-state index contributed by atoms with van der Waals surface area (Å²) >= 11 is 0. The van der Waals surface area contributed by atoms with Crippen molar-refractivity contribution in [2.45, 2.75) is 24.2 Å². The van der Waals surface area contributed by atoms with Gasteiger partial charge in [0.05, 0.1) is 15.7 Å². The number of nitro groups is 1. The van der Waals surface area contributed by atoms with E-state index in [9.17, 15) is 23.3 Å². The van der Waals surface area contributed by atoms with Crippen molar-refractivity contribution in [3.63, 3.8) is 0 Å². The molecule has 9 nitrogen and oxygen atoms in total. The molecule has 3 N–H and O–H groups in total. The Bertz CT molecular complexity index is 726. The lowest BCUT2D eigenvalue weighted by Gasteiger charge is -2.31. The summed E-state index contributed by atoms with van der Waals surface area (Å²) in [7, 11) is -3.79. The molecule has 11 heteroatoms. The lowest BCUT2D eigenvalue weighted by Crippen LogP contribution is -2.45. The molecule has 146 valence electrons. The van der Waals surface area contributed by atoms with E-state index in [0.717, 1.165) is 12.1 Å². The Balaban J connectivity index is 0.00000338. The fourth-order valence-corrected chi connectivity index (χ4v) is 4.25. The topological polar surface area (TPSA) is 136 Å². The molecule has 26 heavy (non-hydrogen) atoms. The Kier molecular flexibility index (Phi) is 8.41. The van der Waals surface area contributed by atoms with Crippen LogP contribution in [0.15, 0.2) is 29.2 Å². The Labute approximate surface area is 158 Å².